The van der Waals surface area contributed by atoms with Crippen molar-refractivity contribution in [1.29, 1.82) is 0 Å². The molecule has 2 aromatic rings. The average Bonchev–Trinajstić information content (AvgIpc) is 2.36. The van der Waals surface area contributed by atoms with E-state index >= 15 is 0 Å². The van der Waals surface area contributed by atoms with Gasteiger partial charge in [-0.3, -0.25) is 0 Å². The number of fused-ring (bicyclic) bond motifs is 1. The first-order valence-corrected chi connectivity index (χ1v) is 7.18. The summed E-state index contributed by atoms with van der Waals surface area (Å²) in [7, 11) is 0. The van der Waals surface area contributed by atoms with Gasteiger partial charge in [0.25, 0.3) is 0 Å². The summed E-state index contributed by atoms with van der Waals surface area (Å²) in [6.07, 6.45) is 0.283. The van der Waals surface area contributed by atoms with Gasteiger partial charge in [0.05, 0.1) is 17.6 Å². The summed E-state index contributed by atoms with van der Waals surface area (Å²) in [5.74, 6) is 0.783. The molecule has 0 radical (unpaired) electrons. The van der Waals surface area contributed by atoms with E-state index in [-0.39, 0.29) is 17.5 Å². The lowest BCUT2D eigenvalue weighted by Gasteiger charge is -2.36. The van der Waals surface area contributed by atoms with Crippen LogP contribution in [0.15, 0.2) is 12.1 Å². The number of nitrogens with zero attached hydrogens (tertiary/aromatic N) is 4. The molecule has 2 atom stereocenters. The van der Waals surface area contributed by atoms with Crippen LogP contribution < -0.4 is 4.90 Å². The zero-order valence-electron chi connectivity index (χ0n) is 11.2. The maximum absolute atomic E-state index is 6.00. The molecule has 7 heteroatoms. The van der Waals surface area contributed by atoms with Gasteiger partial charge in [-0.2, -0.15) is 9.97 Å². The van der Waals surface area contributed by atoms with E-state index in [9.17, 15) is 0 Å². The van der Waals surface area contributed by atoms with E-state index in [1.807, 2.05) is 19.9 Å². The van der Waals surface area contributed by atoms with E-state index in [1.165, 1.54) is 0 Å². The third-order valence-corrected chi connectivity index (χ3v) is 3.58. The van der Waals surface area contributed by atoms with E-state index in [1.54, 1.807) is 6.07 Å². The van der Waals surface area contributed by atoms with Crippen LogP contribution in [0.2, 0.25) is 10.4 Å². The van der Waals surface area contributed by atoms with Gasteiger partial charge in [0.2, 0.25) is 5.28 Å². The van der Waals surface area contributed by atoms with Crippen molar-refractivity contribution in [2.45, 2.75) is 26.1 Å². The molecule has 0 saturated carbocycles. The summed E-state index contributed by atoms with van der Waals surface area (Å²) in [6, 6.07) is 3.61. The molecule has 0 aliphatic carbocycles. The standard InChI is InChI=1S/C13H14Cl2N4O/c1-7-5-19(6-8(2)20-7)12-9-3-4-10(14)16-11(9)17-13(15)18-12/h3-4,7-8H,5-6H2,1-2H3/t7-,8+. The number of anilines is 1. The minimum atomic E-state index is 0.141. The molecule has 2 aromatic heterocycles. The van der Waals surface area contributed by atoms with Gasteiger partial charge in [-0.25, -0.2) is 4.98 Å². The molecular formula is C13H14Cl2N4O. The topological polar surface area (TPSA) is 51.1 Å². The summed E-state index contributed by atoms with van der Waals surface area (Å²) in [5.41, 5.74) is 0.513. The van der Waals surface area contributed by atoms with Crippen molar-refractivity contribution in [3.05, 3.63) is 22.6 Å². The first-order valence-electron chi connectivity index (χ1n) is 6.43. The van der Waals surface area contributed by atoms with E-state index in [0.717, 1.165) is 24.3 Å². The van der Waals surface area contributed by atoms with Crippen LogP contribution in [-0.2, 0) is 4.74 Å². The van der Waals surface area contributed by atoms with E-state index in [4.69, 9.17) is 27.9 Å². The van der Waals surface area contributed by atoms with Crippen molar-refractivity contribution in [3.63, 3.8) is 0 Å². The van der Waals surface area contributed by atoms with Crippen molar-refractivity contribution in [1.82, 2.24) is 15.0 Å². The number of halogens is 2. The molecule has 0 aromatic carbocycles. The van der Waals surface area contributed by atoms with Crippen molar-refractivity contribution in [3.8, 4) is 0 Å². The Morgan fingerprint density at radius 1 is 1.10 bits per heavy atom. The van der Waals surface area contributed by atoms with E-state index in [0.29, 0.717) is 10.8 Å². The van der Waals surface area contributed by atoms with E-state index in [2.05, 4.69) is 19.9 Å². The maximum Gasteiger partial charge on any atom is 0.226 e. The second-order valence-electron chi connectivity index (χ2n) is 4.98. The zero-order chi connectivity index (χ0) is 14.3. The number of pyridine rings is 1. The first-order chi connectivity index (χ1) is 9.52. The number of hydrogen-bond acceptors (Lipinski definition) is 5. The monoisotopic (exact) mass is 312 g/mol. The van der Waals surface area contributed by atoms with Crippen LogP contribution in [0, 0.1) is 0 Å². The molecule has 0 N–H and O–H groups in total. The molecule has 1 fully saturated rings. The Bertz CT molecular complexity index is 636. The van der Waals surface area contributed by atoms with Gasteiger partial charge in [0, 0.05) is 13.1 Å². The molecule has 0 unspecified atom stereocenters. The summed E-state index contributed by atoms with van der Waals surface area (Å²) in [4.78, 5) is 14.9. The van der Waals surface area contributed by atoms with Gasteiger partial charge in [-0.05, 0) is 37.6 Å². The van der Waals surface area contributed by atoms with Crippen LogP contribution in [-0.4, -0.2) is 40.2 Å². The minimum Gasteiger partial charge on any atom is -0.372 e. The lowest BCUT2D eigenvalue weighted by atomic mass is 10.2. The lowest BCUT2D eigenvalue weighted by Crippen LogP contribution is -2.46. The Balaban J connectivity index is 2.10. The van der Waals surface area contributed by atoms with Gasteiger partial charge in [0.1, 0.15) is 11.0 Å². The molecule has 20 heavy (non-hydrogen) atoms. The van der Waals surface area contributed by atoms with Crippen LogP contribution in [0.25, 0.3) is 11.0 Å². The predicted molar refractivity (Wildman–Crippen MR) is 79.6 cm³/mol. The van der Waals surface area contributed by atoms with Crippen molar-refractivity contribution in [2.24, 2.45) is 0 Å². The zero-order valence-corrected chi connectivity index (χ0v) is 12.7. The fourth-order valence-electron chi connectivity index (χ4n) is 2.54. The second kappa shape index (κ2) is 5.31. The van der Waals surface area contributed by atoms with Crippen LogP contribution in [0.4, 0.5) is 5.82 Å². The highest BCUT2D eigenvalue weighted by atomic mass is 35.5. The van der Waals surface area contributed by atoms with Crippen LogP contribution in [0.5, 0.6) is 0 Å². The SMILES string of the molecule is C[C@@H]1CN(c2nc(Cl)nc3nc(Cl)ccc23)C[C@H](C)O1. The number of ether oxygens (including phenoxy) is 1. The fraction of sp³-hybridized carbons (Fsp3) is 0.462. The van der Waals surface area contributed by atoms with Crippen molar-refractivity contribution in [2.75, 3.05) is 18.0 Å². The third kappa shape index (κ3) is 2.66. The second-order valence-corrected chi connectivity index (χ2v) is 5.71. The summed E-state index contributed by atoms with van der Waals surface area (Å²) in [5, 5.41) is 1.41. The quantitative estimate of drug-likeness (QED) is 0.598. The van der Waals surface area contributed by atoms with Gasteiger partial charge in [-0.15, -0.1) is 0 Å². The minimum absolute atomic E-state index is 0.141. The highest BCUT2D eigenvalue weighted by molar-refractivity contribution is 6.30. The maximum atomic E-state index is 6.00. The smallest absolute Gasteiger partial charge is 0.226 e. The molecule has 3 heterocycles. The van der Waals surface area contributed by atoms with Crippen LogP contribution >= 0.6 is 23.2 Å². The molecule has 1 aliphatic heterocycles. The molecule has 106 valence electrons. The molecular weight excluding hydrogens is 299 g/mol. The largest absolute Gasteiger partial charge is 0.372 e. The number of aromatic nitrogens is 3. The van der Waals surface area contributed by atoms with E-state index < -0.39 is 0 Å². The summed E-state index contributed by atoms with van der Waals surface area (Å²) >= 11 is 11.9. The Kier molecular flexibility index (Phi) is 3.67. The van der Waals surface area contributed by atoms with Gasteiger partial charge in [0.15, 0.2) is 5.65 Å². The number of hydrogen-bond donors (Lipinski definition) is 0. The first kappa shape index (κ1) is 13.8. The van der Waals surface area contributed by atoms with Gasteiger partial charge in [-0.1, -0.05) is 11.6 Å². The Labute approximate surface area is 126 Å². The Hall–Kier alpha value is -1.17. The van der Waals surface area contributed by atoms with Crippen LogP contribution in [0.3, 0.4) is 0 Å². The van der Waals surface area contributed by atoms with Gasteiger partial charge < -0.3 is 9.64 Å². The number of morpholine rings is 1. The van der Waals surface area contributed by atoms with Crippen molar-refractivity contribution >= 4 is 40.1 Å². The predicted octanol–water partition coefficient (Wildman–Crippen LogP) is 2.95. The molecule has 0 amide bonds. The highest BCUT2D eigenvalue weighted by Gasteiger charge is 2.25. The van der Waals surface area contributed by atoms with Gasteiger partial charge >= 0.3 is 0 Å². The summed E-state index contributed by atoms with van der Waals surface area (Å²) < 4.78 is 5.74. The van der Waals surface area contributed by atoms with Crippen LogP contribution in [0.1, 0.15) is 13.8 Å². The molecule has 1 saturated heterocycles. The lowest BCUT2D eigenvalue weighted by molar-refractivity contribution is -0.00537. The molecule has 1 aliphatic rings. The molecule has 0 bridgehead atoms. The summed E-state index contributed by atoms with van der Waals surface area (Å²) in [6.45, 7) is 5.61. The third-order valence-electron chi connectivity index (χ3n) is 3.20. The fourth-order valence-corrected chi connectivity index (χ4v) is 2.84. The average molecular weight is 313 g/mol. The highest BCUT2D eigenvalue weighted by Crippen LogP contribution is 2.27. The normalized spacial score (nSPS) is 23.3. The molecule has 3 rings (SSSR count). The molecule has 5 nitrogen and oxygen atoms in total. The Morgan fingerprint density at radius 2 is 1.80 bits per heavy atom. The Morgan fingerprint density at radius 3 is 2.50 bits per heavy atom. The molecule has 0 spiro atoms. The number of rotatable bonds is 1. The van der Waals surface area contributed by atoms with Crippen molar-refractivity contribution < 1.29 is 4.74 Å².